The van der Waals surface area contributed by atoms with Crippen molar-refractivity contribution < 1.29 is 14.6 Å². The molecule has 0 spiro atoms. The second-order valence-corrected chi connectivity index (χ2v) is 3.77. The molecule has 0 heterocycles. The molecule has 1 aromatic rings. The monoisotopic (exact) mass is 228 g/mol. The maximum Gasteiger partial charge on any atom is 0.159 e. The maximum atomic E-state index is 11.0. The van der Waals surface area contributed by atoms with E-state index in [2.05, 4.69) is 0 Å². The number of halogens is 1. The molecule has 0 saturated carbocycles. The van der Waals surface area contributed by atoms with E-state index in [4.69, 9.17) is 21.4 Å². The van der Waals surface area contributed by atoms with E-state index in [0.717, 1.165) is 0 Å². The second-order valence-electron chi connectivity index (χ2n) is 3.36. The van der Waals surface area contributed by atoms with Crippen LogP contribution >= 0.6 is 11.6 Å². The minimum Gasteiger partial charge on any atom is -0.489 e. The number of carbonyl (C=O) groups excluding carboxylic acids is 1. The number of carbonyl (C=O) groups is 1. The fraction of sp³-hybridized carbons (Fsp3) is 0.364. The molecule has 3 nitrogen and oxygen atoms in total. The van der Waals surface area contributed by atoms with Crippen LogP contribution in [0.15, 0.2) is 18.2 Å². The highest BCUT2D eigenvalue weighted by atomic mass is 35.5. The summed E-state index contributed by atoms with van der Waals surface area (Å²) in [5.74, 6) is 0.432. The SMILES string of the molecule is CC(=O)c1ccc(OCC(C)O)c(Cl)c1. The van der Waals surface area contributed by atoms with Crippen LogP contribution in [0.3, 0.4) is 0 Å². The minimum atomic E-state index is -0.548. The van der Waals surface area contributed by atoms with Gasteiger partial charge in [-0.2, -0.15) is 0 Å². The lowest BCUT2D eigenvalue weighted by Gasteiger charge is -2.10. The zero-order valence-corrected chi connectivity index (χ0v) is 9.41. The van der Waals surface area contributed by atoms with Crippen LogP contribution < -0.4 is 4.74 Å². The number of ketones is 1. The van der Waals surface area contributed by atoms with Gasteiger partial charge in [-0.15, -0.1) is 0 Å². The molecular weight excluding hydrogens is 216 g/mol. The lowest BCUT2D eigenvalue weighted by Crippen LogP contribution is -2.13. The normalized spacial score (nSPS) is 12.3. The lowest BCUT2D eigenvalue weighted by molar-refractivity contribution is 0.101. The molecular formula is C11H13ClO3. The van der Waals surface area contributed by atoms with Crippen molar-refractivity contribution in [3.8, 4) is 5.75 Å². The van der Waals surface area contributed by atoms with Crippen LogP contribution in [0, 0.1) is 0 Å². The van der Waals surface area contributed by atoms with Gasteiger partial charge in [0.1, 0.15) is 12.4 Å². The van der Waals surface area contributed by atoms with Crippen molar-refractivity contribution in [3.63, 3.8) is 0 Å². The summed E-state index contributed by atoms with van der Waals surface area (Å²) >= 11 is 5.90. The molecule has 0 aliphatic rings. The average molecular weight is 229 g/mol. The van der Waals surface area contributed by atoms with Crippen molar-refractivity contribution in [2.75, 3.05) is 6.61 Å². The highest BCUT2D eigenvalue weighted by Gasteiger charge is 2.06. The molecule has 1 atom stereocenters. The van der Waals surface area contributed by atoms with Gasteiger partial charge in [0.25, 0.3) is 0 Å². The van der Waals surface area contributed by atoms with E-state index >= 15 is 0 Å². The van der Waals surface area contributed by atoms with Crippen molar-refractivity contribution in [1.82, 2.24) is 0 Å². The highest BCUT2D eigenvalue weighted by Crippen LogP contribution is 2.25. The predicted molar refractivity (Wildman–Crippen MR) is 58.6 cm³/mol. The Morgan fingerprint density at radius 2 is 2.27 bits per heavy atom. The summed E-state index contributed by atoms with van der Waals surface area (Å²) in [6.45, 7) is 3.28. The van der Waals surface area contributed by atoms with Gasteiger partial charge in [-0.3, -0.25) is 4.79 Å². The fourth-order valence-corrected chi connectivity index (χ4v) is 1.28. The molecule has 0 fully saturated rings. The Labute approximate surface area is 93.6 Å². The molecule has 0 bridgehead atoms. The Bertz CT molecular complexity index is 361. The largest absolute Gasteiger partial charge is 0.489 e. The average Bonchev–Trinajstić information content (AvgIpc) is 2.15. The van der Waals surface area contributed by atoms with Crippen LogP contribution in [0.1, 0.15) is 24.2 Å². The summed E-state index contributed by atoms with van der Waals surface area (Å²) in [6, 6.07) is 4.83. The van der Waals surface area contributed by atoms with Crippen LogP contribution in [0.4, 0.5) is 0 Å². The summed E-state index contributed by atoms with van der Waals surface area (Å²) in [6.07, 6.45) is -0.548. The smallest absolute Gasteiger partial charge is 0.159 e. The van der Waals surface area contributed by atoms with Crippen molar-refractivity contribution in [2.45, 2.75) is 20.0 Å². The zero-order chi connectivity index (χ0) is 11.4. The zero-order valence-electron chi connectivity index (χ0n) is 8.66. The Morgan fingerprint density at radius 3 is 2.73 bits per heavy atom. The van der Waals surface area contributed by atoms with Crippen molar-refractivity contribution >= 4 is 17.4 Å². The molecule has 82 valence electrons. The Hall–Kier alpha value is -1.06. The number of hydrogen-bond acceptors (Lipinski definition) is 3. The fourth-order valence-electron chi connectivity index (χ4n) is 1.05. The summed E-state index contributed by atoms with van der Waals surface area (Å²) in [4.78, 5) is 11.0. The molecule has 0 aromatic heterocycles. The lowest BCUT2D eigenvalue weighted by atomic mass is 10.1. The molecule has 1 unspecified atom stereocenters. The van der Waals surface area contributed by atoms with Gasteiger partial charge in [-0.1, -0.05) is 11.6 Å². The Balaban J connectivity index is 2.79. The van der Waals surface area contributed by atoms with Gasteiger partial charge in [-0.05, 0) is 32.0 Å². The first-order chi connectivity index (χ1) is 7.00. The molecule has 0 saturated heterocycles. The standard InChI is InChI=1S/C11H13ClO3/c1-7(13)6-15-11-4-3-9(8(2)14)5-10(11)12/h3-5,7,13H,6H2,1-2H3. The van der Waals surface area contributed by atoms with Crippen molar-refractivity contribution in [3.05, 3.63) is 28.8 Å². The number of Topliss-reactive ketones (excluding diaryl/α,β-unsaturated/α-hetero) is 1. The summed E-state index contributed by atoms with van der Waals surface area (Å²) in [5, 5.41) is 9.40. The third kappa shape index (κ3) is 3.53. The summed E-state index contributed by atoms with van der Waals surface area (Å²) in [7, 11) is 0. The molecule has 15 heavy (non-hydrogen) atoms. The second kappa shape index (κ2) is 5.14. The number of rotatable bonds is 4. The molecule has 0 amide bonds. The van der Waals surface area contributed by atoms with E-state index in [1.54, 1.807) is 25.1 Å². The van der Waals surface area contributed by atoms with Crippen LogP contribution in [0.5, 0.6) is 5.75 Å². The van der Waals surface area contributed by atoms with Crippen LogP contribution in [0.2, 0.25) is 5.02 Å². The minimum absolute atomic E-state index is 0.0426. The summed E-state index contributed by atoms with van der Waals surface area (Å²) < 4.78 is 5.24. The molecule has 0 aliphatic carbocycles. The number of hydrogen-bond donors (Lipinski definition) is 1. The van der Waals surface area contributed by atoms with Gasteiger partial charge in [0, 0.05) is 5.56 Å². The number of benzene rings is 1. The van der Waals surface area contributed by atoms with Gasteiger partial charge in [-0.25, -0.2) is 0 Å². The molecule has 1 aromatic carbocycles. The Morgan fingerprint density at radius 1 is 1.60 bits per heavy atom. The topological polar surface area (TPSA) is 46.5 Å². The maximum absolute atomic E-state index is 11.0. The van der Waals surface area contributed by atoms with E-state index in [1.165, 1.54) is 6.92 Å². The van der Waals surface area contributed by atoms with E-state index in [-0.39, 0.29) is 12.4 Å². The quantitative estimate of drug-likeness (QED) is 0.805. The van der Waals surface area contributed by atoms with Gasteiger partial charge < -0.3 is 9.84 Å². The molecule has 4 heteroatoms. The van der Waals surface area contributed by atoms with E-state index in [0.29, 0.717) is 16.3 Å². The van der Waals surface area contributed by atoms with E-state index in [1.807, 2.05) is 0 Å². The van der Waals surface area contributed by atoms with Crippen LogP contribution in [0.25, 0.3) is 0 Å². The molecule has 1 rings (SSSR count). The first-order valence-corrected chi connectivity index (χ1v) is 5.00. The van der Waals surface area contributed by atoms with Gasteiger partial charge in [0.2, 0.25) is 0 Å². The van der Waals surface area contributed by atoms with Crippen molar-refractivity contribution in [2.24, 2.45) is 0 Å². The Kier molecular flexibility index (Phi) is 4.12. The first kappa shape index (κ1) is 12.0. The third-order valence-corrected chi connectivity index (χ3v) is 2.11. The van der Waals surface area contributed by atoms with E-state index < -0.39 is 6.10 Å². The van der Waals surface area contributed by atoms with Gasteiger partial charge in [0.05, 0.1) is 11.1 Å². The first-order valence-electron chi connectivity index (χ1n) is 4.62. The highest BCUT2D eigenvalue weighted by molar-refractivity contribution is 6.32. The third-order valence-electron chi connectivity index (χ3n) is 1.82. The summed E-state index contributed by atoms with van der Waals surface area (Å²) in [5.41, 5.74) is 0.546. The van der Waals surface area contributed by atoms with Crippen molar-refractivity contribution in [1.29, 1.82) is 0 Å². The van der Waals surface area contributed by atoms with Crippen LogP contribution in [-0.2, 0) is 0 Å². The van der Waals surface area contributed by atoms with E-state index in [9.17, 15) is 4.79 Å². The number of ether oxygens (including phenoxy) is 1. The molecule has 0 radical (unpaired) electrons. The molecule has 1 N–H and O–H groups in total. The molecule has 0 aliphatic heterocycles. The van der Waals surface area contributed by atoms with Crippen LogP contribution in [-0.4, -0.2) is 23.6 Å². The predicted octanol–water partition coefficient (Wildman–Crippen LogP) is 2.30. The van der Waals surface area contributed by atoms with Gasteiger partial charge >= 0.3 is 0 Å². The number of aliphatic hydroxyl groups excluding tert-OH is 1. The van der Waals surface area contributed by atoms with Gasteiger partial charge in [0.15, 0.2) is 5.78 Å². The number of aliphatic hydroxyl groups is 1.